The third kappa shape index (κ3) is 2.68. The smallest absolute Gasteiger partial charge is 0.467 e. The van der Waals surface area contributed by atoms with Crippen molar-refractivity contribution in [1.82, 2.24) is 4.72 Å². The zero-order chi connectivity index (χ0) is 16.1. The minimum Gasteiger partial charge on any atom is -0.467 e. The number of alkyl halides is 3. The number of esters is 1. The minimum absolute atomic E-state index is 0.170. The van der Waals surface area contributed by atoms with Gasteiger partial charge >= 0.3 is 12.3 Å². The minimum atomic E-state index is -4.93. The number of benzene rings is 1. The van der Waals surface area contributed by atoms with Crippen LogP contribution in [0.3, 0.4) is 0 Å². The largest absolute Gasteiger partial charge is 0.573 e. The first-order chi connectivity index (χ1) is 9.49. The van der Waals surface area contributed by atoms with Crippen molar-refractivity contribution in [3.8, 4) is 5.75 Å². The van der Waals surface area contributed by atoms with Gasteiger partial charge in [0.2, 0.25) is 10.0 Å². The number of rotatable bonds is 2. The van der Waals surface area contributed by atoms with Crippen molar-refractivity contribution >= 4 is 16.0 Å². The Balaban J connectivity index is 2.59. The molecule has 0 aliphatic carbocycles. The Labute approximate surface area is 117 Å². The second-order valence-electron chi connectivity index (χ2n) is 4.43. The number of ether oxygens (including phenoxy) is 2. The van der Waals surface area contributed by atoms with Gasteiger partial charge in [0.15, 0.2) is 5.54 Å². The van der Waals surface area contributed by atoms with Gasteiger partial charge in [0.25, 0.3) is 0 Å². The Kier molecular flexibility index (Phi) is 3.41. The van der Waals surface area contributed by atoms with Crippen molar-refractivity contribution in [2.75, 3.05) is 7.11 Å². The maximum absolute atomic E-state index is 12.2. The van der Waals surface area contributed by atoms with Crippen LogP contribution >= 0.6 is 0 Å². The molecule has 21 heavy (non-hydrogen) atoms. The van der Waals surface area contributed by atoms with Gasteiger partial charge in [-0.3, -0.25) is 0 Å². The van der Waals surface area contributed by atoms with E-state index in [1.165, 1.54) is 6.92 Å². The fourth-order valence-electron chi connectivity index (χ4n) is 2.07. The molecule has 0 radical (unpaired) electrons. The monoisotopic (exact) mass is 325 g/mol. The lowest BCUT2D eigenvalue weighted by molar-refractivity contribution is -0.274. The van der Waals surface area contributed by atoms with Gasteiger partial charge in [-0.25, -0.2) is 13.2 Å². The van der Waals surface area contributed by atoms with E-state index in [2.05, 4.69) is 14.2 Å². The average Bonchev–Trinajstić information content (AvgIpc) is 2.54. The number of sulfonamides is 1. The van der Waals surface area contributed by atoms with E-state index < -0.39 is 33.6 Å². The molecule has 1 aliphatic rings. The van der Waals surface area contributed by atoms with Crippen LogP contribution in [0, 0.1) is 0 Å². The zero-order valence-electron chi connectivity index (χ0n) is 10.8. The average molecular weight is 325 g/mol. The van der Waals surface area contributed by atoms with Gasteiger partial charge in [0, 0.05) is 5.56 Å². The van der Waals surface area contributed by atoms with Crippen LogP contribution in [0.25, 0.3) is 0 Å². The van der Waals surface area contributed by atoms with Crippen LogP contribution in [0.5, 0.6) is 5.75 Å². The van der Waals surface area contributed by atoms with Gasteiger partial charge in [-0.1, -0.05) is 0 Å². The van der Waals surface area contributed by atoms with Gasteiger partial charge in [0.1, 0.15) is 5.75 Å². The summed E-state index contributed by atoms with van der Waals surface area (Å²) in [6.45, 7) is 1.19. The highest BCUT2D eigenvalue weighted by atomic mass is 32.2. The fraction of sp³-hybridized carbons (Fsp3) is 0.364. The van der Waals surface area contributed by atoms with E-state index in [9.17, 15) is 26.4 Å². The van der Waals surface area contributed by atoms with Gasteiger partial charge in [-0.15, -0.1) is 13.2 Å². The Morgan fingerprint density at radius 1 is 1.33 bits per heavy atom. The van der Waals surface area contributed by atoms with Crippen LogP contribution < -0.4 is 9.46 Å². The first kappa shape index (κ1) is 15.6. The fourth-order valence-corrected chi connectivity index (χ4v) is 3.71. The summed E-state index contributed by atoms with van der Waals surface area (Å²) in [6.07, 6.45) is -4.93. The molecule has 1 aromatic rings. The Morgan fingerprint density at radius 3 is 2.48 bits per heavy atom. The van der Waals surface area contributed by atoms with Gasteiger partial charge in [0.05, 0.1) is 12.0 Å². The summed E-state index contributed by atoms with van der Waals surface area (Å²) in [7, 11) is -2.98. The molecule has 1 aromatic carbocycles. The Bertz CT molecular complexity index is 700. The molecular formula is C11H10F3NO5S. The summed E-state index contributed by atoms with van der Waals surface area (Å²) >= 11 is 0. The number of hydrogen-bond donors (Lipinski definition) is 1. The maximum atomic E-state index is 12.2. The first-order valence-corrected chi connectivity index (χ1v) is 7.00. The number of nitrogens with one attached hydrogen (secondary N) is 1. The third-order valence-electron chi connectivity index (χ3n) is 2.94. The van der Waals surface area contributed by atoms with Crippen molar-refractivity contribution < 1.29 is 35.9 Å². The summed E-state index contributed by atoms with van der Waals surface area (Å²) in [4.78, 5) is 11.5. The van der Waals surface area contributed by atoms with Crippen LogP contribution in [0.2, 0.25) is 0 Å². The molecule has 0 aromatic heterocycles. The highest BCUT2D eigenvalue weighted by molar-refractivity contribution is 7.90. The normalized spacial score (nSPS) is 23.5. The predicted molar refractivity (Wildman–Crippen MR) is 62.8 cm³/mol. The van der Waals surface area contributed by atoms with Crippen LogP contribution in [0.15, 0.2) is 23.1 Å². The van der Waals surface area contributed by atoms with E-state index in [-0.39, 0.29) is 10.5 Å². The molecule has 0 spiro atoms. The molecule has 10 heteroatoms. The lowest BCUT2D eigenvalue weighted by Gasteiger charge is -2.21. The quantitative estimate of drug-likeness (QED) is 0.828. The number of fused-ring (bicyclic) bond motifs is 1. The highest BCUT2D eigenvalue weighted by Gasteiger charge is 2.50. The number of hydrogen-bond acceptors (Lipinski definition) is 5. The standard InChI is InChI=1S/C11H10F3NO5S/c1-10(9(16)19-2)7-5-6(20-11(12,13)14)3-4-8(7)21(17,18)15-10/h3-5,15H,1-2H3/t10-/m1/s1. The van der Waals surface area contributed by atoms with E-state index in [0.29, 0.717) is 0 Å². The summed E-state index contributed by atoms with van der Waals surface area (Å²) in [5.74, 6) is -1.58. The Hall–Kier alpha value is -1.81. The van der Waals surface area contributed by atoms with Crippen LogP contribution in [0.4, 0.5) is 13.2 Å². The Morgan fingerprint density at radius 2 is 1.95 bits per heavy atom. The van der Waals surface area contributed by atoms with Crippen LogP contribution in [-0.4, -0.2) is 27.9 Å². The van der Waals surface area contributed by atoms with E-state index in [1.54, 1.807) is 0 Å². The van der Waals surface area contributed by atoms with E-state index in [4.69, 9.17) is 0 Å². The summed E-state index contributed by atoms with van der Waals surface area (Å²) < 4.78 is 70.8. The van der Waals surface area contributed by atoms with E-state index in [0.717, 1.165) is 25.3 Å². The molecule has 0 fully saturated rings. The third-order valence-corrected chi connectivity index (χ3v) is 4.56. The molecule has 0 bridgehead atoms. The highest BCUT2D eigenvalue weighted by Crippen LogP contribution is 2.39. The van der Waals surface area contributed by atoms with Crippen LogP contribution in [0.1, 0.15) is 12.5 Å². The first-order valence-electron chi connectivity index (χ1n) is 5.52. The molecule has 0 amide bonds. The molecule has 1 N–H and O–H groups in total. The van der Waals surface area contributed by atoms with Crippen molar-refractivity contribution in [2.45, 2.75) is 23.7 Å². The van der Waals surface area contributed by atoms with Crippen molar-refractivity contribution in [3.63, 3.8) is 0 Å². The van der Waals surface area contributed by atoms with Gasteiger partial charge in [-0.05, 0) is 25.1 Å². The lowest BCUT2D eigenvalue weighted by Crippen LogP contribution is -2.44. The van der Waals surface area contributed by atoms with E-state index >= 15 is 0 Å². The molecule has 1 heterocycles. The van der Waals surface area contributed by atoms with Gasteiger partial charge in [-0.2, -0.15) is 4.72 Å². The molecule has 2 rings (SSSR count). The number of carbonyl (C=O) groups is 1. The second-order valence-corrected chi connectivity index (χ2v) is 6.08. The summed E-state index contributed by atoms with van der Waals surface area (Å²) in [5, 5.41) is 0. The summed E-state index contributed by atoms with van der Waals surface area (Å²) in [5.41, 5.74) is -1.98. The lowest BCUT2D eigenvalue weighted by atomic mass is 9.93. The predicted octanol–water partition coefficient (Wildman–Crippen LogP) is 1.27. The second kappa shape index (κ2) is 4.60. The van der Waals surface area contributed by atoms with E-state index in [1.807, 2.05) is 0 Å². The van der Waals surface area contributed by atoms with Gasteiger partial charge < -0.3 is 9.47 Å². The maximum Gasteiger partial charge on any atom is 0.573 e. The number of methoxy groups -OCH3 is 1. The molecule has 1 aliphatic heterocycles. The molecular weight excluding hydrogens is 315 g/mol. The number of carbonyl (C=O) groups excluding carboxylic acids is 1. The zero-order valence-corrected chi connectivity index (χ0v) is 11.6. The number of halogens is 3. The SMILES string of the molecule is COC(=O)[C@]1(C)NS(=O)(=O)c2ccc(OC(F)(F)F)cc21. The molecule has 0 saturated heterocycles. The summed E-state index contributed by atoms with van der Waals surface area (Å²) in [6, 6.07) is 2.64. The molecule has 6 nitrogen and oxygen atoms in total. The molecule has 116 valence electrons. The molecule has 0 unspecified atom stereocenters. The van der Waals surface area contributed by atoms with Crippen molar-refractivity contribution in [1.29, 1.82) is 0 Å². The van der Waals surface area contributed by atoms with Crippen molar-refractivity contribution in [3.05, 3.63) is 23.8 Å². The van der Waals surface area contributed by atoms with Crippen LogP contribution in [-0.2, 0) is 25.1 Å². The molecule has 0 saturated carbocycles. The topological polar surface area (TPSA) is 81.7 Å². The van der Waals surface area contributed by atoms with Crippen molar-refractivity contribution in [2.24, 2.45) is 0 Å². The molecule has 1 atom stereocenters.